The SMILES string of the molecule is CC(=O)N[C@@H]1COCOC(c2ccccc2)NC1=O. The Hall–Kier alpha value is -1.92. The van der Waals surface area contributed by atoms with Crippen molar-refractivity contribution in [3.63, 3.8) is 0 Å². The highest BCUT2D eigenvalue weighted by Gasteiger charge is 2.26. The number of hydrogen-bond acceptors (Lipinski definition) is 4. The molecule has 1 fully saturated rings. The van der Waals surface area contributed by atoms with Crippen LogP contribution in [0.1, 0.15) is 18.7 Å². The second-order valence-corrected chi connectivity index (χ2v) is 4.21. The van der Waals surface area contributed by atoms with Gasteiger partial charge >= 0.3 is 0 Å². The Labute approximate surface area is 111 Å². The van der Waals surface area contributed by atoms with Gasteiger partial charge in [0.1, 0.15) is 12.8 Å². The van der Waals surface area contributed by atoms with Gasteiger partial charge in [0.05, 0.1) is 6.61 Å². The Morgan fingerprint density at radius 1 is 1.37 bits per heavy atom. The summed E-state index contributed by atoms with van der Waals surface area (Å²) in [6.07, 6.45) is -0.578. The molecule has 19 heavy (non-hydrogen) atoms. The molecule has 1 unspecified atom stereocenters. The summed E-state index contributed by atoms with van der Waals surface area (Å²) < 4.78 is 10.6. The lowest BCUT2D eigenvalue weighted by atomic mass is 10.2. The highest BCUT2D eigenvalue weighted by atomic mass is 16.7. The van der Waals surface area contributed by atoms with Crippen molar-refractivity contribution in [2.24, 2.45) is 0 Å². The zero-order valence-corrected chi connectivity index (χ0v) is 10.6. The zero-order chi connectivity index (χ0) is 13.7. The van der Waals surface area contributed by atoms with Gasteiger partial charge in [0.15, 0.2) is 6.23 Å². The molecule has 1 aliphatic rings. The van der Waals surface area contributed by atoms with E-state index in [1.165, 1.54) is 6.92 Å². The van der Waals surface area contributed by atoms with Crippen LogP contribution < -0.4 is 10.6 Å². The van der Waals surface area contributed by atoms with E-state index >= 15 is 0 Å². The van der Waals surface area contributed by atoms with Crippen LogP contribution in [0.3, 0.4) is 0 Å². The summed E-state index contributed by atoms with van der Waals surface area (Å²) in [5, 5.41) is 5.27. The normalized spacial score (nSPS) is 23.9. The van der Waals surface area contributed by atoms with E-state index in [4.69, 9.17) is 9.47 Å². The average Bonchev–Trinajstić information content (AvgIpc) is 2.39. The van der Waals surface area contributed by atoms with Crippen LogP contribution in [0.5, 0.6) is 0 Å². The molecule has 1 aromatic rings. The lowest BCUT2D eigenvalue weighted by Crippen LogP contribution is -2.51. The summed E-state index contributed by atoms with van der Waals surface area (Å²) >= 11 is 0. The maximum atomic E-state index is 12.0. The predicted octanol–water partition coefficient (Wildman–Crippen LogP) is 0.310. The number of rotatable bonds is 2. The Morgan fingerprint density at radius 3 is 2.79 bits per heavy atom. The van der Waals surface area contributed by atoms with Crippen molar-refractivity contribution >= 4 is 11.8 Å². The number of amides is 2. The van der Waals surface area contributed by atoms with Gasteiger partial charge in [-0.25, -0.2) is 0 Å². The van der Waals surface area contributed by atoms with E-state index in [1.54, 1.807) is 0 Å². The molecular formula is C13H16N2O4. The van der Waals surface area contributed by atoms with E-state index in [0.717, 1.165) is 5.56 Å². The van der Waals surface area contributed by atoms with Crippen molar-refractivity contribution in [2.45, 2.75) is 19.2 Å². The predicted molar refractivity (Wildman–Crippen MR) is 66.8 cm³/mol. The minimum Gasteiger partial charge on any atom is -0.353 e. The van der Waals surface area contributed by atoms with Crippen molar-refractivity contribution in [3.05, 3.63) is 35.9 Å². The number of carbonyl (C=O) groups is 2. The number of hydrogen-bond donors (Lipinski definition) is 2. The fourth-order valence-electron chi connectivity index (χ4n) is 1.79. The third kappa shape index (κ3) is 3.77. The quantitative estimate of drug-likeness (QED) is 0.806. The van der Waals surface area contributed by atoms with Gasteiger partial charge in [-0.3, -0.25) is 9.59 Å². The fraction of sp³-hybridized carbons (Fsp3) is 0.385. The Balaban J connectivity index is 2.08. The molecule has 0 bridgehead atoms. The summed E-state index contributed by atoms with van der Waals surface area (Å²) in [7, 11) is 0. The summed E-state index contributed by atoms with van der Waals surface area (Å²) in [4.78, 5) is 23.0. The molecule has 1 saturated heterocycles. The number of ether oxygens (including phenoxy) is 2. The molecule has 2 N–H and O–H groups in total. The molecule has 102 valence electrons. The summed E-state index contributed by atoms with van der Waals surface area (Å²) in [6.45, 7) is 1.50. The lowest BCUT2D eigenvalue weighted by Gasteiger charge is -2.26. The third-order valence-corrected chi connectivity index (χ3v) is 2.67. The molecule has 1 heterocycles. The summed E-state index contributed by atoms with van der Waals surface area (Å²) in [5.74, 6) is -0.606. The fourth-order valence-corrected chi connectivity index (χ4v) is 1.79. The molecule has 1 aliphatic heterocycles. The highest BCUT2D eigenvalue weighted by molar-refractivity contribution is 5.87. The summed E-state index contributed by atoms with van der Waals surface area (Å²) in [6, 6.07) is 8.59. The standard InChI is InChI=1S/C13H16N2O4/c1-9(16)14-11-7-18-8-19-13(15-12(11)17)10-5-3-2-4-6-10/h2-6,11,13H,7-8H2,1H3,(H,14,16)(H,15,17)/t11-,13?/m1/s1. The Bertz CT molecular complexity index is 449. The molecule has 0 radical (unpaired) electrons. The van der Waals surface area contributed by atoms with Crippen molar-refractivity contribution < 1.29 is 19.1 Å². The molecule has 2 rings (SSSR count). The molecule has 0 saturated carbocycles. The number of benzene rings is 1. The molecule has 6 heteroatoms. The van der Waals surface area contributed by atoms with E-state index < -0.39 is 12.3 Å². The Morgan fingerprint density at radius 2 is 2.11 bits per heavy atom. The Kier molecular flexibility index (Phi) is 4.48. The molecule has 0 aliphatic carbocycles. The van der Waals surface area contributed by atoms with E-state index in [2.05, 4.69) is 10.6 Å². The molecule has 2 amide bonds. The first-order chi connectivity index (χ1) is 9.16. The maximum absolute atomic E-state index is 12.0. The largest absolute Gasteiger partial charge is 0.353 e. The molecule has 2 atom stereocenters. The second-order valence-electron chi connectivity index (χ2n) is 4.21. The average molecular weight is 264 g/mol. The molecule has 0 spiro atoms. The monoisotopic (exact) mass is 264 g/mol. The van der Waals surface area contributed by atoms with Gasteiger partial charge in [-0.1, -0.05) is 30.3 Å². The van der Waals surface area contributed by atoms with E-state index in [-0.39, 0.29) is 25.2 Å². The minimum atomic E-state index is -0.701. The topological polar surface area (TPSA) is 76.7 Å². The zero-order valence-electron chi connectivity index (χ0n) is 10.6. The van der Waals surface area contributed by atoms with Crippen molar-refractivity contribution in [2.75, 3.05) is 13.4 Å². The van der Waals surface area contributed by atoms with Gasteiger partial charge in [-0.15, -0.1) is 0 Å². The first-order valence-electron chi connectivity index (χ1n) is 5.98. The van der Waals surface area contributed by atoms with Crippen molar-refractivity contribution in [1.29, 1.82) is 0 Å². The van der Waals surface area contributed by atoms with Crippen molar-refractivity contribution in [3.8, 4) is 0 Å². The van der Waals surface area contributed by atoms with Gasteiger partial charge < -0.3 is 20.1 Å². The number of nitrogens with one attached hydrogen (secondary N) is 2. The van der Waals surface area contributed by atoms with Crippen LogP contribution in [0, 0.1) is 0 Å². The van der Waals surface area contributed by atoms with E-state index in [9.17, 15) is 9.59 Å². The first-order valence-corrected chi connectivity index (χ1v) is 5.98. The van der Waals surface area contributed by atoms with E-state index in [0.29, 0.717) is 0 Å². The van der Waals surface area contributed by atoms with Crippen LogP contribution in [0.2, 0.25) is 0 Å². The van der Waals surface area contributed by atoms with Gasteiger partial charge in [0, 0.05) is 12.5 Å². The van der Waals surface area contributed by atoms with Crippen molar-refractivity contribution in [1.82, 2.24) is 10.6 Å². The van der Waals surface area contributed by atoms with Crippen LogP contribution in [0.4, 0.5) is 0 Å². The molecule has 0 aromatic heterocycles. The highest BCUT2D eigenvalue weighted by Crippen LogP contribution is 2.15. The van der Waals surface area contributed by atoms with E-state index in [1.807, 2.05) is 30.3 Å². The first kappa shape index (κ1) is 13.5. The van der Waals surface area contributed by atoms with Crippen LogP contribution in [0.15, 0.2) is 30.3 Å². The smallest absolute Gasteiger partial charge is 0.247 e. The van der Waals surface area contributed by atoms with Crippen LogP contribution >= 0.6 is 0 Å². The molecule has 1 aromatic carbocycles. The van der Waals surface area contributed by atoms with Crippen LogP contribution in [-0.4, -0.2) is 31.3 Å². The van der Waals surface area contributed by atoms with Gasteiger partial charge in [0.25, 0.3) is 0 Å². The van der Waals surface area contributed by atoms with Gasteiger partial charge in [-0.05, 0) is 0 Å². The molecule has 6 nitrogen and oxygen atoms in total. The summed E-state index contributed by atoms with van der Waals surface area (Å²) in [5.41, 5.74) is 0.822. The maximum Gasteiger partial charge on any atom is 0.247 e. The minimum absolute atomic E-state index is 0.0515. The second kappa shape index (κ2) is 6.31. The molecular weight excluding hydrogens is 248 g/mol. The number of carbonyl (C=O) groups excluding carboxylic acids is 2. The van der Waals surface area contributed by atoms with Gasteiger partial charge in [-0.2, -0.15) is 0 Å². The lowest BCUT2D eigenvalue weighted by molar-refractivity contribution is -0.152. The third-order valence-electron chi connectivity index (χ3n) is 2.67. The van der Waals surface area contributed by atoms with Gasteiger partial charge in [0.2, 0.25) is 11.8 Å². The van der Waals surface area contributed by atoms with Crippen LogP contribution in [0.25, 0.3) is 0 Å². The van der Waals surface area contributed by atoms with Crippen LogP contribution in [-0.2, 0) is 19.1 Å².